The number of hydrogen-bond acceptors (Lipinski definition) is 3. The molecule has 1 aliphatic rings. The summed E-state index contributed by atoms with van der Waals surface area (Å²) in [5.74, 6) is -0.193. The second-order valence-corrected chi connectivity index (χ2v) is 5.94. The first-order valence-corrected chi connectivity index (χ1v) is 7.13. The van der Waals surface area contributed by atoms with Gasteiger partial charge in [0.2, 0.25) is 0 Å². The predicted octanol–water partition coefficient (Wildman–Crippen LogP) is 1.90. The number of aliphatic carboxylic acids is 1. The molecule has 1 aliphatic heterocycles. The Balaban J connectivity index is 2.37. The highest BCUT2D eigenvalue weighted by Crippen LogP contribution is 2.18. The van der Waals surface area contributed by atoms with Crippen molar-refractivity contribution in [3.05, 3.63) is 0 Å². The molecule has 1 rings (SSSR count). The van der Waals surface area contributed by atoms with E-state index in [9.17, 15) is 4.79 Å². The van der Waals surface area contributed by atoms with Crippen molar-refractivity contribution >= 4 is 5.97 Å². The SMILES string of the molecule is CC(C)CN(CCC1CCCCN1C)CC(=O)O. The van der Waals surface area contributed by atoms with Crippen LogP contribution in [0.25, 0.3) is 0 Å². The number of piperidine rings is 1. The molecule has 0 spiro atoms. The van der Waals surface area contributed by atoms with Crippen molar-refractivity contribution < 1.29 is 9.90 Å². The van der Waals surface area contributed by atoms with Crippen LogP contribution in [0.2, 0.25) is 0 Å². The minimum absolute atomic E-state index is 0.175. The van der Waals surface area contributed by atoms with E-state index in [1.165, 1.54) is 25.8 Å². The molecule has 0 aliphatic carbocycles. The van der Waals surface area contributed by atoms with E-state index in [2.05, 4.69) is 30.7 Å². The van der Waals surface area contributed by atoms with Crippen LogP contribution in [0.15, 0.2) is 0 Å². The molecule has 0 aromatic heterocycles. The number of rotatable bonds is 7. The van der Waals surface area contributed by atoms with E-state index in [-0.39, 0.29) is 6.54 Å². The second kappa shape index (κ2) is 7.74. The van der Waals surface area contributed by atoms with Crippen molar-refractivity contribution in [3.8, 4) is 0 Å². The fourth-order valence-corrected chi connectivity index (χ4v) is 2.78. The van der Waals surface area contributed by atoms with Crippen molar-refractivity contribution in [3.63, 3.8) is 0 Å². The number of carbonyl (C=O) groups is 1. The maximum absolute atomic E-state index is 10.9. The van der Waals surface area contributed by atoms with E-state index < -0.39 is 5.97 Å². The number of carboxylic acid groups (broad SMARTS) is 1. The third-order valence-corrected chi connectivity index (χ3v) is 3.68. The Morgan fingerprint density at radius 1 is 1.44 bits per heavy atom. The minimum Gasteiger partial charge on any atom is -0.480 e. The van der Waals surface area contributed by atoms with Crippen molar-refractivity contribution in [2.45, 2.75) is 45.6 Å². The molecule has 1 unspecified atom stereocenters. The lowest BCUT2D eigenvalue weighted by Crippen LogP contribution is -2.41. The van der Waals surface area contributed by atoms with E-state index in [1.807, 2.05) is 0 Å². The molecule has 0 radical (unpaired) electrons. The normalized spacial score (nSPS) is 21.7. The van der Waals surface area contributed by atoms with Gasteiger partial charge >= 0.3 is 5.97 Å². The van der Waals surface area contributed by atoms with Gasteiger partial charge in [-0.05, 0) is 38.8 Å². The van der Waals surface area contributed by atoms with Gasteiger partial charge < -0.3 is 10.0 Å². The molecule has 4 nitrogen and oxygen atoms in total. The summed E-state index contributed by atoms with van der Waals surface area (Å²) in [4.78, 5) is 15.4. The van der Waals surface area contributed by atoms with Crippen LogP contribution in [0.3, 0.4) is 0 Å². The summed E-state index contributed by atoms with van der Waals surface area (Å²) in [6, 6.07) is 0.641. The zero-order chi connectivity index (χ0) is 13.5. The van der Waals surface area contributed by atoms with Crippen LogP contribution in [-0.4, -0.2) is 60.1 Å². The lowest BCUT2D eigenvalue weighted by atomic mass is 10.00. The number of nitrogens with zero attached hydrogens (tertiary/aromatic N) is 2. The molecule has 18 heavy (non-hydrogen) atoms. The first kappa shape index (κ1) is 15.4. The van der Waals surface area contributed by atoms with Gasteiger partial charge in [0.15, 0.2) is 0 Å². The molecular formula is C14H28N2O2. The van der Waals surface area contributed by atoms with Gasteiger partial charge in [0, 0.05) is 19.1 Å². The molecule has 0 saturated carbocycles. The topological polar surface area (TPSA) is 43.8 Å². The smallest absolute Gasteiger partial charge is 0.317 e. The summed E-state index contributed by atoms with van der Waals surface area (Å²) in [6.45, 7) is 7.42. The molecule has 106 valence electrons. The summed E-state index contributed by atoms with van der Waals surface area (Å²) in [6.07, 6.45) is 4.98. The highest BCUT2D eigenvalue weighted by molar-refractivity contribution is 5.69. The standard InChI is InChI=1S/C14H28N2O2/c1-12(2)10-16(11-14(17)18)9-7-13-6-4-5-8-15(13)3/h12-13H,4-11H2,1-3H3,(H,17,18). The highest BCUT2D eigenvalue weighted by Gasteiger charge is 2.20. The Morgan fingerprint density at radius 2 is 2.17 bits per heavy atom. The molecule has 4 heteroatoms. The number of carboxylic acids is 1. The van der Waals surface area contributed by atoms with Crippen LogP contribution in [0, 0.1) is 5.92 Å². The van der Waals surface area contributed by atoms with Crippen molar-refractivity contribution in [2.24, 2.45) is 5.92 Å². The molecule has 1 N–H and O–H groups in total. The third kappa shape index (κ3) is 5.83. The maximum Gasteiger partial charge on any atom is 0.317 e. The average molecular weight is 256 g/mol. The summed E-state index contributed by atoms with van der Waals surface area (Å²) in [5, 5.41) is 8.93. The van der Waals surface area contributed by atoms with Crippen LogP contribution in [0.1, 0.15) is 39.5 Å². The van der Waals surface area contributed by atoms with Crippen LogP contribution in [-0.2, 0) is 4.79 Å². The molecule has 0 aromatic rings. The molecule has 0 aromatic carbocycles. The third-order valence-electron chi connectivity index (χ3n) is 3.68. The van der Waals surface area contributed by atoms with Crippen molar-refractivity contribution in [2.75, 3.05) is 33.2 Å². The first-order valence-electron chi connectivity index (χ1n) is 7.13. The Bertz CT molecular complexity index is 256. The van der Waals surface area contributed by atoms with Gasteiger partial charge in [-0.2, -0.15) is 0 Å². The molecule has 1 atom stereocenters. The van der Waals surface area contributed by atoms with Crippen LogP contribution in [0.5, 0.6) is 0 Å². The summed E-state index contributed by atoms with van der Waals surface area (Å²) >= 11 is 0. The highest BCUT2D eigenvalue weighted by atomic mass is 16.4. The Kier molecular flexibility index (Phi) is 6.65. The quantitative estimate of drug-likeness (QED) is 0.755. The molecule has 0 amide bonds. The van der Waals surface area contributed by atoms with Gasteiger partial charge in [0.25, 0.3) is 0 Å². The van der Waals surface area contributed by atoms with E-state index >= 15 is 0 Å². The molecule has 1 fully saturated rings. The van der Waals surface area contributed by atoms with Crippen LogP contribution < -0.4 is 0 Å². The van der Waals surface area contributed by atoms with Gasteiger partial charge in [-0.1, -0.05) is 20.3 Å². The fourth-order valence-electron chi connectivity index (χ4n) is 2.78. The Labute approximate surface area is 111 Å². The largest absolute Gasteiger partial charge is 0.480 e. The number of likely N-dealkylation sites (tertiary alicyclic amines) is 1. The second-order valence-electron chi connectivity index (χ2n) is 5.94. The number of hydrogen-bond donors (Lipinski definition) is 1. The van der Waals surface area contributed by atoms with Gasteiger partial charge in [0.1, 0.15) is 0 Å². The summed E-state index contributed by atoms with van der Waals surface area (Å²) in [7, 11) is 2.19. The van der Waals surface area contributed by atoms with E-state index in [0.717, 1.165) is 19.5 Å². The van der Waals surface area contributed by atoms with Crippen molar-refractivity contribution in [1.82, 2.24) is 9.80 Å². The Morgan fingerprint density at radius 3 is 2.72 bits per heavy atom. The zero-order valence-corrected chi connectivity index (χ0v) is 12.1. The van der Waals surface area contributed by atoms with E-state index in [0.29, 0.717) is 12.0 Å². The lowest BCUT2D eigenvalue weighted by molar-refractivity contribution is -0.138. The molecular weight excluding hydrogens is 228 g/mol. The van der Waals surface area contributed by atoms with E-state index in [4.69, 9.17) is 5.11 Å². The van der Waals surface area contributed by atoms with Gasteiger partial charge in [0.05, 0.1) is 6.54 Å². The molecule has 1 heterocycles. The average Bonchev–Trinajstić information content (AvgIpc) is 2.26. The monoisotopic (exact) mass is 256 g/mol. The lowest BCUT2D eigenvalue weighted by Gasteiger charge is -2.34. The minimum atomic E-state index is -0.715. The molecule has 0 bridgehead atoms. The van der Waals surface area contributed by atoms with Gasteiger partial charge in [-0.3, -0.25) is 9.69 Å². The van der Waals surface area contributed by atoms with E-state index in [1.54, 1.807) is 0 Å². The summed E-state index contributed by atoms with van der Waals surface area (Å²) < 4.78 is 0. The molecule has 1 saturated heterocycles. The first-order chi connectivity index (χ1) is 8.49. The fraction of sp³-hybridized carbons (Fsp3) is 0.929. The van der Waals surface area contributed by atoms with Gasteiger partial charge in [-0.15, -0.1) is 0 Å². The van der Waals surface area contributed by atoms with Gasteiger partial charge in [-0.25, -0.2) is 0 Å². The van der Waals surface area contributed by atoms with Crippen molar-refractivity contribution in [1.29, 1.82) is 0 Å². The van der Waals surface area contributed by atoms with Crippen LogP contribution in [0.4, 0.5) is 0 Å². The van der Waals surface area contributed by atoms with Crippen LogP contribution >= 0.6 is 0 Å². The Hall–Kier alpha value is -0.610. The summed E-state index contributed by atoms with van der Waals surface area (Å²) in [5.41, 5.74) is 0. The maximum atomic E-state index is 10.9. The predicted molar refractivity (Wildman–Crippen MR) is 73.8 cm³/mol. The zero-order valence-electron chi connectivity index (χ0n) is 12.1.